The number of nitrogens with one attached hydrogen (secondary N) is 2. The van der Waals surface area contributed by atoms with Crippen LogP contribution in [0.3, 0.4) is 0 Å². The van der Waals surface area contributed by atoms with Crippen molar-refractivity contribution in [3.8, 4) is 0 Å². The van der Waals surface area contributed by atoms with Gasteiger partial charge in [-0.2, -0.15) is 0 Å². The molecule has 140 valence electrons. The summed E-state index contributed by atoms with van der Waals surface area (Å²) in [4.78, 5) is 12.7. The lowest BCUT2D eigenvalue weighted by Crippen LogP contribution is -2.32. The number of esters is 1. The van der Waals surface area contributed by atoms with Gasteiger partial charge in [0.05, 0.1) is 11.3 Å². The first kappa shape index (κ1) is 19.8. The van der Waals surface area contributed by atoms with Crippen LogP contribution >= 0.6 is 0 Å². The highest BCUT2D eigenvalue weighted by Gasteiger charge is 2.28. The van der Waals surface area contributed by atoms with Crippen LogP contribution in [0.15, 0.2) is 12.1 Å². The minimum absolute atomic E-state index is 0.251. The summed E-state index contributed by atoms with van der Waals surface area (Å²) in [5.74, 6) is 0.249. The van der Waals surface area contributed by atoms with Crippen LogP contribution in [0.1, 0.15) is 80.8 Å². The Labute approximate surface area is 152 Å². The summed E-state index contributed by atoms with van der Waals surface area (Å²) in [7, 11) is 1.90. The molecule has 1 aliphatic carbocycles. The third kappa shape index (κ3) is 4.97. The average molecular weight is 347 g/mol. The number of carbonyl (C=O) groups is 1. The van der Waals surface area contributed by atoms with Crippen LogP contribution in [0.2, 0.25) is 0 Å². The molecular weight excluding hydrogens is 312 g/mol. The van der Waals surface area contributed by atoms with E-state index in [9.17, 15) is 4.79 Å². The van der Waals surface area contributed by atoms with Gasteiger partial charge in [-0.15, -0.1) is 0 Å². The SMILES string of the molecule is CCNC1CCC(c2c(C)ccc(C(=O)OC(C)(C)C)c2NC)CC1. The van der Waals surface area contributed by atoms with Crippen molar-refractivity contribution in [2.24, 2.45) is 0 Å². The van der Waals surface area contributed by atoms with Crippen molar-refractivity contribution >= 4 is 11.7 Å². The van der Waals surface area contributed by atoms with Crippen LogP contribution in [0.4, 0.5) is 5.69 Å². The molecule has 0 spiro atoms. The van der Waals surface area contributed by atoms with Gasteiger partial charge in [0, 0.05) is 13.1 Å². The van der Waals surface area contributed by atoms with Gasteiger partial charge in [-0.3, -0.25) is 0 Å². The maximum Gasteiger partial charge on any atom is 0.340 e. The van der Waals surface area contributed by atoms with Crippen LogP contribution in [0.5, 0.6) is 0 Å². The maximum atomic E-state index is 12.7. The molecule has 0 atom stereocenters. The third-order valence-electron chi connectivity index (χ3n) is 4.96. The summed E-state index contributed by atoms with van der Waals surface area (Å²) >= 11 is 0. The molecule has 1 fully saturated rings. The van der Waals surface area contributed by atoms with Gasteiger partial charge >= 0.3 is 5.97 Å². The first-order valence-electron chi connectivity index (χ1n) is 9.54. The summed E-state index contributed by atoms with van der Waals surface area (Å²) < 4.78 is 5.61. The third-order valence-corrected chi connectivity index (χ3v) is 4.96. The topological polar surface area (TPSA) is 50.4 Å². The molecule has 0 heterocycles. The highest BCUT2D eigenvalue weighted by molar-refractivity contribution is 5.97. The minimum Gasteiger partial charge on any atom is -0.456 e. The van der Waals surface area contributed by atoms with Crippen LogP contribution in [-0.2, 0) is 4.74 Å². The summed E-state index contributed by atoms with van der Waals surface area (Å²) in [6, 6.07) is 4.59. The lowest BCUT2D eigenvalue weighted by Gasteiger charge is -2.32. The first-order chi connectivity index (χ1) is 11.8. The largest absolute Gasteiger partial charge is 0.456 e. The molecule has 1 aromatic carbocycles. The summed E-state index contributed by atoms with van der Waals surface area (Å²) in [6.07, 6.45) is 4.70. The van der Waals surface area contributed by atoms with E-state index in [0.29, 0.717) is 17.5 Å². The second-order valence-electron chi connectivity index (χ2n) is 8.08. The molecule has 2 rings (SSSR count). The first-order valence-corrected chi connectivity index (χ1v) is 9.54. The Balaban J connectivity index is 2.29. The fourth-order valence-corrected chi connectivity index (χ4v) is 3.90. The summed E-state index contributed by atoms with van der Waals surface area (Å²) in [6.45, 7) is 11.1. The van der Waals surface area contributed by atoms with Gasteiger partial charge < -0.3 is 15.4 Å². The molecule has 25 heavy (non-hydrogen) atoms. The Bertz CT molecular complexity index is 597. The minimum atomic E-state index is -0.489. The van der Waals surface area contributed by atoms with E-state index in [1.165, 1.54) is 24.0 Å². The molecule has 0 aromatic heterocycles. The quantitative estimate of drug-likeness (QED) is 0.763. The average Bonchev–Trinajstić information content (AvgIpc) is 2.54. The number of hydrogen-bond donors (Lipinski definition) is 2. The molecule has 0 amide bonds. The number of anilines is 1. The van der Waals surface area contributed by atoms with E-state index in [4.69, 9.17) is 4.74 Å². The molecule has 1 aliphatic rings. The van der Waals surface area contributed by atoms with Crippen LogP contribution in [0, 0.1) is 6.92 Å². The molecule has 1 aromatic rings. The van der Waals surface area contributed by atoms with E-state index in [1.807, 2.05) is 33.9 Å². The smallest absolute Gasteiger partial charge is 0.340 e. The number of benzene rings is 1. The normalized spacial score (nSPS) is 21.0. The van der Waals surface area contributed by atoms with Crippen LogP contribution in [0.25, 0.3) is 0 Å². The van der Waals surface area contributed by atoms with E-state index in [-0.39, 0.29) is 5.97 Å². The number of rotatable bonds is 5. The van der Waals surface area contributed by atoms with Gasteiger partial charge in [-0.1, -0.05) is 13.0 Å². The highest BCUT2D eigenvalue weighted by atomic mass is 16.6. The maximum absolute atomic E-state index is 12.7. The van der Waals surface area contributed by atoms with Crippen molar-refractivity contribution in [3.63, 3.8) is 0 Å². The van der Waals surface area contributed by atoms with Crippen molar-refractivity contribution in [1.82, 2.24) is 5.32 Å². The Morgan fingerprint density at radius 2 is 1.84 bits per heavy atom. The molecule has 0 radical (unpaired) electrons. The van der Waals surface area contributed by atoms with Crippen molar-refractivity contribution in [2.45, 2.75) is 77.9 Å². The fourth-order valence-electron chi connectivity index (χ4n) is 3.90. The van der Waals surface area contributed by atoms with Crippen molar-refractivity contribution in [2.75, 3.05) is 18.9 Å². The molecule has 0 saturated heterocycles. The lowest BCUT2D eigenvalue weighted by atomic mass is 9.78. The Hall–Kier alpha value is -1.55. The lowest BCUT2D eigenvalue weighted by molar-refractivity contribution is 0.00705. The number of hydrogen-bond acceptors (Lipinski definition) is 4. The van der Waals surface area contributed by atoms with E-state index < -0.39 is 5.60 Å². The summed E-state index contributed by atoms with van der Waals surface area (Å²) in [5.41, 5.74) is 3.65. The van der Waals surface area contributed by atoms with Crippen molar-refractivity contribution < 1.29 is 9.53 Å². The van der Waals surface area contributed by atoms with Gasteiger partial charge in [-0.25, -0.2) is 4.79 Å². The van der Waals surface area contributed by atoms with Gasteiger partial charge in [0.15, 0.2) is 0 Å². The zero-order chi connectivity index (χ0) is 18.6. The fraction of sp³-hybridized carbons (Fsp3) is 0.667. The van der Waals surface area contributed by atoms with E-state index in [1.54, 1.807) is 0 Å². The van der Waals surface area contributed by atoms with E-state index >= 15 is 0 Å². The number of ether oxygens (including phenoxy) is 1. The molecule has 1 saturated carbocycles. The number of carbonyl (C=O) groups excluding carboxylic acids is 1. The monoisotopic (exact) mass is 346 g/mol. The van der Waals surface area contributed by atoms with Gasteiger partial charge in [0.1, 0.15) is 5.60 Å². The summed E-state index contributed by atoms with van der Waals surface area (Å²) in [5, 5.41) is 6.85. The molecule has 4 nitrogen and oxygen atoms in total. The van der Waals surface area contributed by atoms with Crippen LogP contribution in [-0.4, -0.2) is 31.2 Å². The Kier molecular flexibility index (Phi) is 6.50. The zero-order valence-electron chi connectivity index (χ0n) is 16.7. The molecular formula is C21H34N2O2. The van der Waals surface area contributed by atoms with E-state index in [2.05, 4.69) is 30.5 Å². The Morgan fingerprint density at radius 1 is 1.20 bits per heavy atom. The van der Waals surface area contributed by atoms with Crippen molar-refractivity contribution in [3.05, 3.63) is 28.8 Å². The Morgan fingerprint density at radius 3 is 2.36 bits per heavy atom. The molecule has 2 N–H and O–H groups in total. The van der Waals surface area contributed by atoms with Gasteiger partial charge in [0.2, 0.25) is 0 Å². The van der Waals surface area contributed by atoms with Crippen molar-refractivity contribution in [1.29, 1.82) is 0 Å². The van der Waals surface area contributed by atoms with Gasteiger partial charge in [0.25, 0.3) is 0 Å². The van der Waals surface area contributed by atoms with Gasteiger partial charge in [-0.05, 0) is 83.0 Å². The second kappa shape index (κ2) is 8.22. The number of aryl methyl sites for hydroxylation is 1. The second-order valence-corrected chi connectivity index (χ2v) is 8.08. The molecule has 0 bridgehead atoms. The standard InChI is InChI=1S/C21H34N2O2/c1-7-23-16-11-9-15(10-12-16)18-14(2)8-13-17(19(18)22-6)20(24)25-21(3,4)5/h8,13,15-16,22-23H,7,9-12H2,1-6H3. The predicted octanol–water partition coefficient (Wildman–Crippen LogP) is 4.63. The molecule has 0 aliphatic heterocycles. The van der Waals surface area contributed by atoms with E-state index in [0.717, 1.165) is 25.1 Å². The molecule has 0 unspecified atom stereocenters. The van der Waals surface area contributed by atoms with Crippen LogP contribution < -0.4 is 10.6 Å². The predicted molar refractivity (Wildman–Crippen MR) is 105 cm³/mol. The highest BCUT2D eigenvalue weighted by Crippen LogP contribution is 2.40. The zero-order valence-corrected chi connectivity index (χ0v) is 16.7. The molecule has 4 heteroatoms.